The number of H-pyrrole nitrogens is 1. The SMILES string of the molecule is O=C(Nc1cc(Cl)c(Cc2ccc(O)c3ncccc23)c(Cl)c1)c1noc(=O)[nH]1. The van der Waals surface area contributed by atoms with Crippen molar-refractivity contribution in [3.05, 3.63) is 80.1 Å². The van der Waals surface area contributed by atoms with Crippen LogP contribution in [0.15, 0.2) is 51.9 Å². The monoisotopic (exact) mass is 430 g/mol. The first kappa shape index (κ1) is 19.0. The zero-order chi connectivity index (χ0) is 20.5. The Bertz CT molecular complexity index is 1280. The van der Waals surface area contributed by atoms with Gasteiger partial charge in [0.15, 0.2) is 0 Å². The normalized spacial score (nSPS) is 11.0. The number of carbonyl (C=O) groups is 1. The van der Waals surface area contributed by atoms with Crippen LogP contribution in [0.5, 0.6) is 5.75 Å². The third-order valence-electron chi connectivity index (χ3n) is 4.26. The van der Waals surface area contributed by atoms with E-state index in [1.54, 1.807) is 36.5 Å². The lowest BCUT2D eigenvalue weighted by Crippen LogP contribution is -2.15. The molecule has 0 fully saturated rings. The van der Waals surface area contributed by atoms with Gasteiger partial charge < -0.3 is 10.4 Å². The molecule has 2 heterocycles. The average molecular weight is 431 g/mol. The lowest BCUT2D eigenvalue weighted by Gasteiger charge is -2.12. The van der Waals surface area contributed by atoms with Crippen LogP contribution in [0.25, 0.3) is 10.9 Å². The highest BCUT2D eigenvalue weighted by molar-refractivity contribution is 6.36. The quantitative estimate of drug-likeness (QED) is 0.453. The summed E-state index contributed by atoms with van der Waals surface area (Å²) in [5.41, 5.74) is 2.35. The van der Waals surface area contributed by atoms with Gasteiger partial charge in [-0.2, -0.15) is 0 Å². The van der Waals surface area contributed by atoms with Crippen LogP contribution < -0.4 is 11.1 Å². The molecule has 4 rings (SSSR count). The van der Waals surface area contributed by atoms with Gasteiger partial charge in [-0.3, -0.25) is 19.3 Å². The summed E-state index contributed by atoms with van der Waals surface area (Å²) in [6, 6.07) is 10.1. The molecule has 146 valence electrons. The fraction of sp³-hybridized carbons (Fsp3) is 0.0526. The van der Waals surface area contributed by atoms with Gasteiger partial charge in [0, 0.05) is 33.7 Å². The van der Waals surface area contributed by atoms with Crippen LogP contribution in [0.1, 0.15) is 21.7 Å². The molecule has 0 spiro atoms. The highest BCUT2D eigenvalue weighted by Gasteiger charge is 2.16. The van der Waals surface area contributed by atoms with Gasteiger partial charge >= 0.3 is 5.76 Å². The van der Waals surface area contributed by atoms with Crippen molar-refractivity contribution < 1.29 is 14.4 Å². The number of halogens is 2. The summed E-state index contributed by atoms with van der Waals surface area (Å²) in [4.78, 5) is 29.4. The van der Waals surface area contributed by atoms with E-state index in [9.17, 15) is 14.7 Å². The van der Waals surface area contributed by atoms with Crippen molar-refractivity contribution in [1.29, 1.82) is 0 Å². The number of anilines is 1. The highest BCUT2D eigenvalue weighted by Crippen LogP contribution is 2.34. The Labute approximate surface area is 173 Å². The summed E-state index contributed by atoms with van der Waals surface area (Å²) >= 11 is 12.8. The Balaban J connectivity index is 1.64. The minimum Gasteiger partial charge on any atom is -0.506 e. The van der Waals surface area contributed by atoms with E-state index in [0.29, 0.717) is 33.2 Å². The molecule has 0 saturated carbocycles. The lowest BCUT2D eigenvalue weighted by molar-refractivity contribution is 0.101. The molecule has 4 aromatic rings. The second-order valence-corrected chi connectivity index (χ2v) is 6.95. The molecule has 10 heteroatoms. The van der Waals surface area contributed by atoms with E-state index in [0.717, 1.165) is 10.9 Å². The first-order valence-corrected chi connectivity index (χ1v) is 9.09. The first-order chi connectivity index (χ1) is 13.9. The summed E-state index contributed by atoms with van der Waals surface area (Å²) in [6.07, 6.45) is 2.00. The van der Waals surface area contributed by atoms with Crippen molar-refractivity contribution in [2.24, 2.45) is 0 Å². The van der Waals surface area contributed by atoms with Crippen LogP contribution in [0.2, 0.25) is 10.0 Å². The molecular formula is C19H12Cl2N4O4. The Morgan fingerprint density at radius 3 is 2.66 bits per heavy atom. The number of rotatable bonds is 4. The smallest absolute Gasteiger partial charge is 0.439 e. The summed E-state index contributed by atoms with van der Waals surface area (Å²) in [6.45, 7) is 0. The minimum absolute atomic E-state index is 0.0884. The number of nitrogens with one attached hydrogen (secondary N) is 2. The number of aromatic amines is 1. The Hall–Kier alpha value is -3.36. The Morgan fingerprint density at radius 2 is 1.97 bits per heavy atom. The number of phenols is 1. The van der Waals surface area contributed by atoms with Gasteiger partial charge in [-0.15, -0.1) is 0 Å². The third kappa shape index (κ3) is 3.80. The van der Waals surface area contributed by atoms with Gasteiger partial charge in [-0.05, 0) is 40.5 Å². The van der Waals surface area contributed by atoms with Crippen LogP contribution in [0.4, 0.5) is 5.69 Å². The average Bonchev–Trinajstić information content (AvgIpc) is 3.13. The van der Waals surface area contributed by atoms with Gasteiger partial charge in [0.05, 0.1) is 0 Å². The number of phenolic OH excluding ortho intramolecular Hbond substituents is 1. The predicted octanol–water partition coefficient (Wildman–Crippen LogP) is 3.77. The maximum absolute atomic E-state index is 12.1. The molecule has 3 N–H and O–H groups in total. The van der Waals surface area contributed by atoms with Crippen molar-refractivity contribution >= 4 is 45.7 Å². The van der Waals surface area contributed by atoms with Crippen LogP contribution in [-0.4, -0.2) is 26.1 Å². The van der Waals surface area contributed by atoms with E-state index in [4.69, 9.17) is 23.2 Å². The fourth-order valence-corrected chi connectivity index (χ4v) is 3.54. The minimum atomic E-state index is -0.836. The van der Waals surface area contributed by atoms with E-state index < -0.39 is 11.7 Å². The molecular weight excluding hydrogens is 419 g/mol. The number of aromatic hydroxyl groups is 1. The lowest BCUT2D eigenvalue weighted by atomic mass is 9.99. The zero-order valence-electron chi connectivity index (χ0n) is 14.6. The summed E-state index contributed by atoms with van der Waals surface area (Å²) < 4.78 is 4.30. The number of carbonyl (C=O) groups excluding carboxylic acids is 1. The Kier molecular flexibility index (Phi) is 4.96. The second-order valence-electron chi connectivity index (χ2n) is 6.14. The number of hydrogen-bond donors (Lipinski definition) is 3. The maximum Gasteiger partial charge on any atom is 0.439 e. The molecule has 0 radical (unpaired) electrons. The number of amides is 1. The van der Waals surface area contributed by atoms with E-state index in [1.807, 2.05) is 6.07 Å². The molecule has 2 aromatic heterocycles. The third-order valence-corrected chi connectivity index (χ3v) is 4.93. The molecule has 0 aliphatic carbocycles. The van der Waals surface area contributed by atoms with E-state index in [-0.39, 0.29) is 11.6 Å². The maximum atomic E-state index is 12.1. The number of pyridine rings is 1. The molecule has 2 aromatic carbocycles. The van der Waals surface area contributed by atoms with Crippen LogP contribution >= 0.6 is 23.2 Å². The van der Waals surface area contributed by atoms with Crippen molar-refractivity contribution in [3.63, 3.8) is 0 Å². The summed E-state index contributed by atoms with van der Waals surface area (Å²) in [7, 11) is 0. The van der Waals surface area contributed by atoms with Gasteiger partial charge in [-0.1, -0.05) is 35.3 Å². The first-order valence-electron chi connectivity index (χ1n) is 8.33. The molecule has 0 saturated heterocycles. The molecule has 0 aliphatic rings. The van der Waals surface area contributed by atoms with Crippen molar-refractivity contribution in [2.45, 2.75) is 6.42 Å². The van der Waals surface area contributed by atoms with Crippen LogP contribution in [0.3, 0.4) is 0 Å². The fourth-order valence-electron chi connectivity index (χ4n) is 2.92. The number of nitrogens with zero attached hydrogens (tertiary/aromatic N) is 2. The molecule has 0 aliphatic heterocycles. The van der Waals surface area contributed by atoms with Crippen LogP contribution in [0, 0.1) is 0 Å². The molecule has 1 amide bonds. The van der Waals surface area contributed by atoms with Gasteiger partial charge in [-0.25, -0.2) is 4.79 Å². The van der Waals surface area contributed by atoms with Crippen molar-refractivity contribution in [1.82, 2.24) is 15.1 Å². The van der Waals surface area contributed by atoms with Gasteiger partial charge in [0.2, 0.25) is 5.82 Å². The second kappa shape index (κ2) is 7.57. The zero-order valence-corrected chi connectivity index (χ0v) is 16.1. The number of benzene rings is 2. The predicted molar refractivity (Wildman–Crippen MR) is 108 cm³/mol. The Morgan fingerprint density at radius 1 is 1.21 bits per heavy atom. The van der Waals surface area contributed by atoms with E-state index in [1.165, 1.54) is 0 Å². The highest BCUT2D eigenvalue weighted by atomic mass is 35.5. The molecule has 0 unspecified atom stereocenters. The number of hydrogen-bond acceptors (Lipinski definition) is 6. The molecule has 8 nitrogen and oxygen atoms in total. The molecule has 0 atom stereocenters. The van der Waals surface area contributed by atoms with Crippen LogP contribution in [-0.2, 0) is 6.42 Å². The van der Waals surface area contributed by atoms with E-state index >= 15 is 0 Å². The topological polar surface area (TPSA) is 121 Å². The van der Waals surface area contributed by atoms with Gasteiger partial charge in [0.1, 0.15) is 11.3 Å². The van der Waals surface area contributed by atoms with Gasteiger partial charge in [0.25, 0.3) is 5.91 Å². The van der Waals surface area contributed by atoms with Crippen molar-refractivity contribution in [3.8, 4) is 5.75 Å². The molecule has 0 bridgehead atoms. The number of aromatic nitrogens is 3. The summed E-state index contributed by atoms with van der Waals surface area (Å²) in [5, 5.41) is 17.3. The standard InChI is InChI=1S/C19H12Cl2N4O4/c20-13-7-10(23-18(27)17-24-19(28)29-25-17)8-14(21)12(13)6-9-3-4-15(26)16-11(9)2-1-5-22-16/h1-5,7-8,26H,6H2,(H,23,27)(H,24,25,28). The van der Waals surface area contributed by atoms with Crippen molar-refractivity contribution in [2.75, 3.05) is 5.32 Å². The largest absolute Gasteiger partial charge is 0.506 e. The number of fused-ring (bicyclic) bond motifs is 1. The van der Waals surface area contributed by atoms with E-state index in [2.05, 4.69) is 25.0 Å². The molecule has 29 heavy (non-hydrogen) atoms. The summed E-state index contributed by atoms with van der Waals surface area (Å²) in [5.74, 6) is -1.69.